The van der Waals surface area contributed by atoms with Gasteiger partial charge in [0.1, 0.15) is 5.75 Å². The fraction of sp³-hybridized carbons (Fsp3) is 0.438. The van der Waals surface area contributed by atoms with Gasteiger partial charge in [-0.05, 0) is 36.2 Å². The predicted molar refractivity (Wildman–Crippen MR) is 82.3 cm³/mol. The molecule has 1 aromatic heterocycles. The number of nitrogens with zero attached hydrogens (tertiary/aromatic N) is 2. The van der Waals surface area contributed by atoms with Gasteiger partial charge in [0.05, 0.1) is 18.7 Å². The average molecular weight is 287 g/mol. The van der Waals surface area contributed by atoms with E-state index in [0.717, 1.165) is 41.7 Å². The Hall–Kier alpha value is -1.69. The minimum atomic E-state index is -0.525. The molecule has 112 valence electrons. The first-order valence-corrected chi connectivity index (χ1v) is 7.29. The summed E-state index contributed by atoms with van der Waals surface area (Å²) in [5, 5.41) is 11.7. The van der Waals surface area contributed by atoms with E-state index in [0.29, 0.717) is 6.54 Å². The van der Waals surface area contributed by atoms with Crippen molar-refractivity contribution < 1.29 is 9.84 Å². The highest BCUT2D eigenvalue weighted by Gasteiger charge is 2.34. The van der Waals surface area contributed by atoms with Crippen LogP contribution in [0.1, 0.15) is 18.1 Å². The summed E-state index contributed by atoms with van der Waals surface area (Å²) in [7, 11) is 1.64. The summed E-state index contributed by atoms with van der Waals surface area (Å²) in [5.74, 6) is 0.774. The Kier molecular flexibility index (Phi) is 4.05. The molecule has 0 bridgehead atoms. The van der Waals surface area contributed by atoms with Crippen molar-refractivity contribution in [2.75, 3.05) is 26.7 Å². The van der Waals surface area contributed by atoms with E-state index in [9.17, 15) is 5.11 Å². The lowest BCUT2D eigenvalue weighted by atomic mass is 9.90. The third-order valence-electron chi connectivity index (χ3n) is 4.26. The van der Waals surface area contributed by atoms with Crippen molar-refractivity contribution in [2.24, 2.45) is 5.73 Å². The van der Waals surface area contributed by atoms with E-state index in [1.54, 1.807) is 13.3 Å². The minimum absolute atomic E-state index is 0.144. The number of hydrogen-bond acceptors (Lipinski definition) is 5. The molecule has 0 aliphatic carbocycles. The third-order valence-corrected chi connectivity index (χ3v) is 4.26. The van der Waals surface area contributed by atoms with Gasteiger partial charge in [0.25, 0.3) is 0 Å². The lowest BCUT2D eigenvalue weighted by Crippen LogP contribution is -2.52. The van der Waals surface area contributed by atoms with Crippen LogP contribution in [-0.2, 0) is 0 Å². The molecule has 1 unspecified atom stereocenters. The van der Waals surface area contributed by atoms with Crippen LogP contribution in [0.25, 0.3) is 10.9 Å². The molecule has 1 aliphatic heterocycles. The fourth-order valence-electron chi connectivity index (χ4n) is 3.00. The van der Waals surface area contributed by atoms with Gasteiger partial charge in [-0.3, -0.25) is 9.88 Å². The van der Waals surface area contributed by atoms with Gasteiger partial charge in [0, 0.05) is 37.3 Å². The number of likely N-dealkylation sites (tertiary alicyclic amines) is 1. The second-order valence-corrected chi connectivity index (χ2v) is 5.41. The van der Waals surface area contributed by atoms with Crippen LogP contribution in [0.3, 0.4) is 0 Å². The van der Waals surface area contributed by atoms with E-state index in [2.05, 4.69) is 9.88 Å². The number of aliphatic hydroxyl groups excluding tert-OH is 1. The van der Waals surface area contributed by atoms with E-state index >= 15 is 0 Å². The zero-order valence-electron chi connectivity index (χ0n) is 12.2. The van der Waals surface area contributed by atoms with Gasteiger partial charge < -0.3 is 15.6 Å². The maximum Gasteiger partial charge on any atom is 0.119 e. The Labute approximate surface area is 124 Å². The molecule has 5 heteroatoms. The third kappa shape index (κ3) is 2.60. The smallest absolute Gasteiger partial charge is 0.119 e. The Morgan fingerprint density at radius 3 is 3.00 bits per heavy atom. The largest absolute Gasteiger partial charge is 0.497 e. The molecule has 1 fully saturated rings. The van der Waals surface area contributed by atoms with Crippen LogP contribution < -0.4 is 10.5 Å². The quantitative estimate of drug-likeness (QED) is 0.867. The summed E-state index contributed by atoms with van der Waals surface area (Å²) in [6, 6.07) is 7.78. The first-order valence-electron chi connectivity index (χ1n) is 7.29. The summed E-state index contributed by atoms with van der Waals surface area (Å²) < 4.78 is 5.28. The van der Waals surface area contributed by atoms with Crippen LogP contribution in [0.15, 0.2) is 30.5 Å². The Morgan fingerprint density at radius 1 is 1.48 bits per heavy atom. The van der Waals surface area contributed by atoms with Gasteiger partial charge in [-0.15, -0.1) is 0 Å². The maximum atomic E-state index is 10.7. The number of hydrogen-bond donors (Lipinski definition) is 2. The first kappa shape index (κ1) is 14.3. The number of fused-ring (bicyclic) bond motifs is 1. The Morgan fingerprint density at radius 2 is 2.33 bits per heavy atom. The summed E-state index contributed by atoms with van der Waals surface area (Å²) in [6.07, 6.45) is 2.22. The molecule has 5 nitrogen and oxygen atoms in total. The summed E-state index contributed by atoms with van der Waals surface area (Å²) in [6.45, 7) is 2.45. The number of aliphatic hydroxyl groups is 1. The molecule has 1 aliphatic rings. The maximum absolute atomic E-state index is 10.7. The molecule has 3 rings (SSSR count). The van der Waals surface area contributed by atoms with Crippen LogP contribution in [0, 0.1) is 0 Å². The van der Waals surface area contributed by atoms with Crippen LogP contribution >= 0.6 is 0 Å². The first-order chi connectivity index (χ1) is 10.2. The van der Waals surface area contributed by atoms with Gasteiger partial charge in [-0.2, -0.15) is 0 Å². The van der Waals surface area contributed by atoms with Crippen molar-refractivity contribution >= 4 is 10.9 Å². The number of pyridine rings is 1. The highest BCUT2D eigenvalue weighted by molar-refractivity contribution is 5.83. The van der Waals surface area contributed by atoms with Crippen LogP contribution in [0.5, 0.6) is 5.75 Å². The van der Waals surface area contributed by atoms with Crippen molar-refractivity contribution in [3.05, 3.63) is 36.0 Å². The monoisotopic (exact) mass is 287 g/mol. The highest BCUT2D eigenvalue weighted by Crippen LogP contribution is 2.34. The number of rotatable bonds is 5. The Balaban J connectivity index is 1.95. The molecule has 1 saturated heterocycles. The molecule has 2 aromatic rings. The molecule has 0 spiro atoms. The fourth-order valence-corrected chi connectivity index (χ4v) is 3.00. The van der Waals surface area contributed by atoms with Crippen molar-refractivity contribution in [3.63, 3.8) is 0 Å². The zero-order chi connectivity index (χ0) is 14.8. The van der Waals surface area contributed by atoms with E-state index in [1.165, 1.54) is 0 Å². The lowest BCUT2D eigenvalue weighted by molar-refractivity contribution is -0.0129. The SMILES string of the molecule is COc1ccc2nccc([C@@H](O)C3CCN3CCN)c2c1. The summed E-state index contributed by atoms with van der Waals surface area (Å²) >= 11 is 0. The molecule has 0 amide bonds. The highest BCUT2D eigenvalue weighted by atomic mass is 16.5. The van der Waals surface area contributed by atoms with Crippen LogP contribution in [-0.4, -0.2) is 47.8 Å². The van der Waals surface area contributed by atoms with Gasteiger partial charge in [0.2, 0.25) is 0 Å². The summed E-state index contributed by atoms with van der Waals surface area (Å²) in [5.41, 5.74) is 7.40. The second kappa shape index (κ2) is 5.97. The zero-order valence-corrected chi connectivity index (χ0v) is 12.2. The number of methoxy groups -OCH3 is 1. The molecule has 1 aromatic carbocycles. The second-order valence-electron chi connectivity index (χ2n) is 5.41. The molecule has 2 atom stereocenters. The van der Waals surface area contributed by atoms with Gasteiger partial charge in [0.15, 0.2) is 0 Å². The normalized spacial score (nSPS) is 20.2. The number of aromatic nitrogens is 1. The number of benzene rings is 1. The molecule has 2 heterocycles. The van der Waals surface area contributed by atoms with Gasteiger partial charge in [-0.1, -0.05) is 0 Å². The summed E-state index contributed by atoms with van der Waals surface area (Å²) in [4.78, 5) is 6.59. The number of ether oxygens (including phenoxy) is 1. The van der Waals surface area contributed by atoms with Crippen LogP contribution in [0.4, 0.5) is 0 Å². The topological polar surface area (TPSA) is 71.6 Å². The average Bonchev–Trinajstić information content (AvgIpc) is 2.50. The van der Waals surface area contributed by atoms with Crippen LogP contribution in [0.2, 0.25) is 0 Å². The van der Waals surface area contributed by atoms with E-state index in [-0.39, 0.29) is 6.04 Å². The van der Waals surface area contributed by atoms with E-state index in [1.807, 2.05) is 24.3 Å². The number of nitrogens with two attached hydrogens (primary N) is 1. The lowest BCUT2D eigenvalue weighted by Gasteiger charge is -2.43. The van der Waals surface area contributed by atoms with Crippen molar-refractivity contribution in [3.8, 4) is 5.75 Å². The minimum Gasteiger partial charge on any atom is -0.497 e. The van der Waals surface area contributed by atoms with E-state index < -0.39 is 6.10 Å². The van der Waals surface area contributed by atoms with Gasteiger partial charge >= 0.3 is 0 Å². The molecule has 3 N–H and O–H groups in total. The van der Waals surface area contributed by atoms with Crippen molar-refractivity contribution in [1.29, 1.82) is 0 Å². The predicted octanol–water partition coefficient (Wildman–Crippen LogP) is 1.31. The molecule has 0 saturated carbocycles. The Bertz CT molecular complexity index is 632. The van der Waals surface area contributed by atoms with Crippen molar-refractivity contribution in [1.82, 2.24) is 9.88 Å². The van der Waals surface area contributed by atoms with E-state index in [4.69, 9.17) is 10.5 Å². The molecule has 21 heavy (non-hydrogen) atoms. The van der Waals surface area contributed by atoms with Crippen molar-refractivity contribution in [2.45, 2.75) is 18.6 Å². The molecular weight excluding hydrogens is 266 g/mol. The van der Waals surface area contributed by atoms with Gasteiger partial charge in [-0.25, -0.2) is 0 Å². The molecular formula is C16H21N3O2. The standard InChI is InChI=1S/C16H21N3O2/c1-21-11-2-3-14-13(10-11)12(4-7-18-14)16(20)15-5-8-19(15)9-6-17/h2-4,7,10,15-16,20H,5-6,8-9,17H2,1H3/t15?,16-/m1/s1. The molecule has 0 radical (unpaired) electrons.